The number of carbonyl (C=O) groups is 2. The van der Waals surface area contributed by atoms with Gasteiger partial charge >= 0.3 is 0 Å². The Morgan fingerprint density at radius 1 is 0.900 bits per heavy atom. The normalized spacial score (nSPS) is 10.6. The van der Waals surface area contributed by atoms with Crippen LogP contribution in [0, 0.1) is 6.92 Å². The number of amides is 2. The molecule has 4 rings (SSSR count). The Labute approximate surface area is 173 Å². The second kappa shape index (κ2) is 8.53. The lowest BCUT2D eigenvalue weighted by Gasteiger charge is -2.09. The third-order valence-electron chi connectivity index (χ3n) is 4.46. The van der Waals surface area contributed by atoms with Gasteiger partial charge in [-0.3, -0.25) is 9.59 Å². The van der Waals surface area contributed by atoms with Crippen molar-refractivity contribution in [3.63, 3.8) is 0 Å². The number of anilines is 2. The number of hydrogen-bond acceptors (Lipinski definition) is 4. The Balaban J connectivity index is 1.55. The Morgan fingerprint density at radius 2 is 1.67 bits per heavy atom. The maximum absolute atomic E-state index is 12.8. The van der Waals surface area contributed by atoms with Gasteiger partial charge in [-0.15, -0.1) is 0 Å². The minimum atomic E-state index is -0.452. The van der Waals surface area contributed by atoms with Crippen molar-refractivity contribution in [2.75, 3.05) is 17.2 Å². The zero-order chi connectivity index (χ0) is 20.9. The number of nitrogens with one attached hydrogen (secondary N) is 2. The molecule has 0 unspecified atom stereocenters. The molecule has 4 aromatic rings. The van der Waals surface area contributed by atoms with E-state index in [1.807, 2.05) is 49.4 Å². The first-order valence-corrected chi connectivity index (χ1v) is 9.47. The van der Waals surface area contributed by atoms with Gasteiger partial charge in [0.1, 0.15) is 17.0 Å². The number of carbonyl (C=O) groups excluding carboxylic acids is 2. The second-order valence-corrected chi connectivity index (χ2v) is 6.78. The second-order valence-electron chi connectivity index (χ2n) is 6.78. The first-order chi connectivity index (χ1) is 14.6. The number of rotatable bonds is 6. The van der Waals surface area contributed by atoms with Crippen LogP contribution >= 0.6 is 0 Å². The molecule has 6 nitrogen and oxygen atoms in total. The molecule has 0 atom stereocenters. The zero-order valence-electron chi connectivity index (χ0n) is 16.3. The Morgan fingerprint density at radius 3 is 2.47 bits per heavy atom. The molecule has 0 spiro atoms. The van der Waals surface area contributed by atoms with Crippen LogP contribution in [0.4, 0.5) is 11.4 Å². The van der Waals surface area contributed by atoms with Crippen molar-refractivity contribution in [3.05, 3.63) is 90.2 Å². The molecular formula is C24H20N2O4. The Bertz CT molecular complexity index is 1200. The molecule has 0 bridgehead atoms. The maximum atomic E-state index is 12.8. The van der Waals surface area contributed by atoms with Gasteiger partial charge in [-0.25, -0.2) is 0 Å². The summed E-state index contributed by atoms with van der Waals surface area (Å²) >= 11 is 0. The van der Waals surface area contributed by atoms with Crippen LogP contribution in [0.3, 0.4) is 0 Å². The van der Waals surface area contributed by atoms with Crippen LogP contribution in [0.1, 0.15) is 16.1 Å². The predicted octanol–water partition coefficient (Wildman–Crippen LogP) is 5.01. The molecule has 0 radical (unpaired) electrons. The van der Waals surface area contributed by atoms with Crippen LogP contribution in [0.25, 0.3) is 11.0 Å². The summed E-state index contributed by atoms with van der Waals surface area (Å²) in [6, 6.07) is 23.6. The van der Waals surface area contributed by atoms with Gasteiger partial charge in [0.05, 0.1) is 0 Å². The predicted molar refractivity (Wildman–Crippen MR) is 116 cm³/mol. The van der Waals surface area contributed by atoms with Gasteiger partial charge in [0.15, 0.2) is 6.61 Å². The van der Waals surface area contributed by atoms with Gasteiger partial charge in [-0.2, -0.15) is 0 Å². The average molecular weight is 400 g/mol. The smallest absolute Gasteiger partial charge is 0.293 e. The van der Waals surface area contributed by atoms with Crippen LogP contribution in [0.2, 0.25) is 0 Å². The minimum Gasteiger partial charge on any atom is -0.484 e. The molecule has 2 N–H and O–H groups in total. The Hall–Kier alpha value is -4.06. The fourth-order valence-corrected chi connectivity index (χ4v) is 3.07. The topological polar surface area (TPSA) is 80.6 Å². The fraction of sp³-hybridized carbons (Fsp3) is 0.0833. The van der Waals surface area contributed by atoms with E-state index in [4.69, 9.17) is 9.15 Å². The molecule has 2 amide bonds. The van der Waals surface area contributed by atoms with Crippen LogP contribution in [0.15, 0.2) is 83.3 Å². The molecule has 0 aliphatic rings. The highest BCUT2D eigenvalue weighted by Crippen LogP contribution is 2.31. The van der Waals surface area contributed by atoms with Crippen molar-refractivity contribution >= 4 is 34.2 Å². The van der Waals surface area contributed by atoms with Crippen LogP contribution in [-0.4, -0.2) is 18.4 Å². The molecule has 0 saturated heterocycles. The van der Waals surface area contributed by atoms with Crippen molar-refractivity contribution in [2.24, 2.45) is 0 Å². The number of aryl methyl sites for hydroxylation is 1. The van der Waals surface area contributed by atoms with E-state index >= 15 is 0 Å². The third kappa shape index (κ3) is 4.33. The summed E-state index contributed by atoms with van der Waals surface area (Å²) in [5.74, 6) is -0.211. The number of hydrogen-bond donors (Lipinski definition) is 2. The van der Waals surface area contributed by atoms with Crippen LogP contribution in [-0.2, 0) is 4.79 Å². The molecule has 1 heterocycles. The van der Waals surface area contributed by atoms with Crippen molar-refractivity contribution in [3.8, 4) is 5.75 Å². The molecule has 0 fully saturated rings. The van der Waals surface area contributed by atoms with Crippen molar-refractivity contribution in [1.82, 2.24) is 0 Å². The van der Waals surface area contributed by atoms with Crippen molar-refractivity contribution < 1.29 is 18.7 Å². The third-order valence-corrected chi connectivity index (χ3v) is 4.46. The number of para-hydroxylation sites is 2. The lowest BCUT2D eigenvalue weighted by molar-refractivity contribution is -0.118. The standard InChI is InChI=1S/C24H20N2O4/c1-16-8-7-11-18(14-16)29-15-21(27)26-22-19-12-5-6-13-20(19)30-23(22)24(28)25-17-9-3-2-4-10-17/h2-14H,15H2,1H3,(H,25,28)(H,26,27). The SMILES string of the molecule is Cc1cccc(OCC(=O)Nc2c(C(=O)Nc3ccccc3)oc3ccccc23)c1. The number of benzene rings is 3. The van der Waals surface area contributed by atoms with Gasteiger partial charge in [0, 0.05) is 11.1 Å². The van der Waals surface area contributed by atoms with Crippen LogP contribution in [0.5, 0.6) is 5.75 Å². The molecular weight excluding hydrogens is 380 g/mol. The molecule has 1 aromatic heterocycles. The zero-order valence-corrected chi connectivity index (χ0v) is 16.3. The lowest BCUT2D eigenvalue weighted by atomic mass is 10.2. The Kier molecular flexibility index (Phi) is 5.48. The van der Waals surface area contributed by atoms with E-state index in [-0.39, 0.29) is 12.4 Å². The summed E-state index contributed by atoms with van der Waals surface area (Å²) in [5.41, 5.74) is 2.49. The minimum absolute atomic E-state index is 0.0314. The molecule has 6 heteroatoms. The number of ether oxygens (including phenoxy) is 1. The van der Waals surface area contributed by atoms with E-state index in [0.29, 0.717) is 28.1 Å². The molecule has 30 heavy (non-hydrogen) atoms. The molecule has 0 aliphatic heterocycles. The first kappa shape index (κ1) is 19.3. The highest BCUT2D eigenvalue weighted by Gasteiger charge is 2.22. The highest BCUT2D eigenvalue weighted by molar-refractivity contribution is 6.14. The highest BCUT2D eigenvalue weighted by atomic mass is 16.5. The summed E-state index contributed by atoms with van der Waals surface area (Å²) in [5, 5.41) is 6.19. The van der Waals surface area contributed by atoms with Crippen molar-refractivity contribution in [1.29, 1.82) is 0 Å². The molecule has 0 aliphatic carbocycles. The van der Waals surface area contributed by atoms with E-state index in [1.165, 1.54) is 0 Å². The molecule has 0 saturated carbocycles. The summed E-state index contributed by atoms with van der Waals surface area (Å²) in [7, 11) is 0. The quantitative estimate of drug-likeness (QED) is 0.477. The largest absolute Gasteiger partial charge is 0.484 e. The summed E-state index contributed by atoms with van der Waals surface area (Å²) in [6.07, 6.45) is 0. The molecule has 3 aromatic carbocycles. The molecule has 150 valence electrons. The lowest BCUT2D eigenvalue weighted by Crippen LogP contribution is -2.22. The van der Waals surface area contributed by atoms with E-state index in [0.717, 1.165) is 5.56 Å². The van der Waals surface area contributed by atoms with E-state index < -0.39 is 11.8 Å². The van der Waals surface area contributed by atoms with Gasteiger partial charge in [0.25, 0.3) is 11.8 Å². The maximum Gasteiger partial charge on any atom is 0.293 e. The fourth-order valence-electron chi connectivity index (χ4n) is 3.07. The van der Waals surface area contributed by atoms with Crippen LogP contribution < -0.4 is 15.4 Å². The van der Waals surface area contributed by atoms with Gasteiger partial charge in [0.2, 0.25) is 5.76 Å². The van der Waals surface area contributed by atoms with E-state index in [1.54, 1.807) is 36.4 Å². The average Bonchev–Trinajstić information content (AvgIpc) is 3.12. The van der Waals surface area contributed by atoms with E-state index in [2.05, 4.69) is 10.6 Å². The van der Waals surface area contributed by atoms with Gasteiger partial charge < -0.3 is 19.8 Å². The number of furan rings is 1. The van der Waals surface area contributed by atoms with Crippen molar-refractivity contribution in [2.45, 2.75) is 6.92 Å². The summed E-state index contributed by atoms with van der Waals surface area (Å²) < 4.78 is 11.3. The van der Waals surface area contributed by atoms with Gasteiger partial charge in [-0.05, 0) is 48.9 Å². The summed E-state index contributed by atoms with van der Waals surface area (Å²) in [6.45, 7) is 1.75. The monoisotopic (exact) mass is 400 g/mol. The van der Waals surface area contributed by atoms with E-state index in [9.17, 15) is 9.59 Å². The van der Waals surface area contributed by atoms with Gasteiger partial charge in [-0.1, -0.05) is 42.5 Å². The number of fused-ring (bicyclic) bond motifs is 1. The first-order valence-electron chi connectivity index (χ1n) is 9.47. The summed E-state index contributed by atoms with van der Waals surface area (Å²) in [4.78, 5) is 25.4.